The highest BCUT2D eigenvalue weighted by Crippen LogP contribution is 2.28. The summed E-state index contributed by atoms with van der Waals surface area (Å²) in [5.41, 5.74) is 5.08. The van der Waals surface area contributed by atoms with Crippen molar-refractivity contribution in [2.24, 2.45) is 5.10 Å². The molecule has 0 amide bonds. The molecule has 0 bridgehead atoms. The lowest BCUT2D eigenvalue weighted by Gasteiger charge is -2.09. The highest BCUT2D eigenvalue weighted by atomic mass is 32.1. The average Bonchev–Trinajstić information content (AvgIpc) is 3.08. The van der Waals surface area contributed by atoms with Crippen LogP contribution in [-0.4, -0.2) is 24.3 Å². The number of hydrogen-bond donors (Lipinski definition) is 1. The molecule has 0 radical (unpaired) electrons. The van der Waals surface area contributed by atoms with Crippen molar-refractivity contribution < 1.29 is 14.3 Å². The van der Waals surface area contributed by atoms with Crippen LogP contribution in [0.4, 0.5) is 5.13 Å². The van der Waals surface area contributed by atoms with Gasteiger partial charge in [-0.2, -0.15) is 5.10 Å². The third-order valence-corrected chi connectivity index (χ3v) is 4.26. The molecule has 2 aromatic carbocycles. The van der Waals surface area contributed by atoms with E-state index in [-0.39, 0.29) is 0 Å². The van der Waals surface area contributed by atoms with Gasteiger partial charge in [0.05, 0.1) is 24.6 Å². The normalized spacial score (nSPS) is 10.7. The minimum absolute atomic E-state index is 0.349. The largest absolute Gasteiger partial charge is 0.493 e. The maximum atomic E-state index is 12.2. The van der Waals surface area contributed by atoms with Crippen LogP contribution in [0.25, 0.3) is 0 Å². The van der Waals surface area contributed by atoms with Gasteiger partial charge in [0.15, 0.2) is 11.5 Å². The van der Waals surface area contributed by atoms with E-state index in [1.165, 1.54) is 18.4 Å². The minimum atomic E-state index is -0.439. The summed E-state index contributed by atoms with van der Waals surface area (Å²) in [6.45, 7) is 1.92. The number of aromatic nitrogens is 1. The van der Waals surface area contributed by atoms with Gasteiger partial charge in [-0.3, -0.25) is 5.43 Å². The number of aryl methyl sites for hydroxylation is 1. The summed E-state index contributed by atoms with van der Waals surface area (Å²) in [5, 5.41) is 6.81. The van der Waals surface area contributed by atoms with E-state index in [9.17, 15) is 4.79 Å². The van der Waals surface area contributed by atoms with Crippen LogP contribution in [-0.2, 0) is 0 Å². The fourth-order valence-corrected chi connectivity index (χ4v) is 2.79. The van der Waals surface area contributed by atoms with Gasteiger partial charge in [-0.25, -0.2) is 9.78 Å². The molecular formula is C19H17N3O3S. The van der Waals surface area contributed by atoms with Crippen molar-refractivity contribution in [2.75, 3.05) is 12.5 Å². The van der Waals surface area contributed by atoms with E-state index in [2.05, 4.69) is 15.5 Å². The zero-order chi connectivity index (χ0) is 18.4. The predicted octanol–water partition coefficient (Wildman–Crippen LogP) is 4.13. The molecule has 0 fully saturated rings. The number of rotatable bonds is 6. The SMILES string of the molecule is COc1cc(C=NNc2nc(C)cs2)ccc1OC(=O)c1ccccc1. The molecule has 0 unspecified atom stereocenters. The smallest absolute Gasteiger partial charge is 0.343 e. The second-order valence-electron chi connectivity index (χ2n) is 5.33. The number of thiazole rings is 1. The predicted molar refractivity (Wildman–Crippen MR) is 102 cm³/mol. The zero-order valence-electron chi connectivity index (χ0n) is 14.3. The molecule has 0 aliphatic rings. The Labute approximate surface area is 155 Å². The second kappa shape index (κ2) is 8.26. The number of hydrogen-bond acceptors (Lipinski definition) is 7. The Morgan fingerprint density at radius 3 is 2.69 bits per heavy atom. The highest BCUT2D eigenvalue weighted by Gasteiger charge is 2.12. The first-order chi connectivity index (χ1) is 12.7. The third-order valence-electron chi connectivity index (χ3n) is 3.39. The van der Waals surface area contributed by atoms with Gasteiger partial charge in [0.2, 0.25) is 5.13 Å². The zero-order valence-corrected chi connectivity index (χ0v) is 15.1. The number of nitrogens with one attached hydrogen (secondary N) is 1. The lowest BCUT2D eigenvalue weighted by molar-refractivity contribution is 0.0729. The van der Waals surface area contributed by atoms with Gasteiger partial charge in [0.25, 0.3) is 0 Å². The summed E-state index contributed by atoms with van der Waals surface area (Å²) < 4.78 is 10.7. The van der Waals surface area contributed by atoms with E-state index in [1.807, 2.05) is 18.4 Å². The van der Waals surface area contributed by atoms with Gasteiger partial charge in [0.1, 0.15) is 0 Å². The van der Waals surface area contributed by atoms with Crippen molar-refractivity contribution in [2.45, 2.75) is 6.92 Å². The molecule has 6 nitrogen and oxygen atoms in total. The third kappa shape index (κ3) is 4.46. The second-order valence-corrected chi connectivity index (χ2v) is 6.19. The lowest BCUT2D eigenvalue weighted by Crippen LogP contribution is -2.09. The first kappa shape index (κ1) is 17.6. The monoisotopic (exact) mass is 367 g/mol. The molecule has 1 aromatic heterocycles. The van der Waals surface area contributed by atoms with Gasteiger partial charge in [0, 0.05) is 5.38 Å². The van der Waals surface area contributed by atoms with Crippen LogP contribution in [0.2, 0.25) is 0 Å². The number of carbonyl (C=O) groups is 1. The van der Waals surface area contributed by atoms with Crippen molar-refractivity contribution in [3.8, 4) is 11.5 Å². The van der Waals surface area contributed by atoms with Crippen LogP contribution in [0.1, 0.15) is 21.6 Å². The van der Waals surface area contributed by atoms with Gasteiger partial charge >= 0.3 is 5.97 Å². The molecule has 1 N–H and O–H groups in total. The van der Waals surface area contributed by atoms with Crippen LogP contribution in [0.15, 0.2) is 59.0 Å². The Hall–Kier alpha value is -3.19. The van der Waals surface area contributed by atoms with Crippen molar-refractivity contribution in [3.05, 3.63) is 70.7 Å². The van der Waals surface area contributed by atoms with Crippen LogP contribution >= 0.6 is 11.3 Å². The van der Waals surface area contributed by atoms with E-state index in [0.717, 1.165) is 16.4 Å². The van der Waals surface area contributed by atoms with Crippen molar-refractivity contribution >= 4 is 28.7 Å². The Kier molecular flexibility index (Phi) is 5.60. The first-order valence-corrected chi connectivity index (χ1v) is 8.70. The quantitative estimate of drug-likeness (QED) is 0.307. The molecule has 0 aliphatic carbocycles. The lowest BCUT2D eigenvalue weighted by atomic mass is 10.2. The van der Waals surface area contributed by atoms with E-state index >= 15 is 0 Å². The standard InChI is InChI=1S/C19H17N3O3S/c1-13-12-26-19(21-13)22-20-11-14-8-9-16(17(10-14)24-2)25-18(23)15-6-4-3-5-7-15/h3-12H,1-2H3,(H,21,22). The number of hydrazone groups is 1. The molecule has 3 rings (SSSR count). The topological polar surface area (TPSA) is 72.8 Å². The average molecular weight is 367 g/mol. The summed E-state index contributed by atoms with van der Waals surface area (Å²) in [4.78, 5) is 16.4. The van der Waals surface area contributed by atoms with Crippen LogP contribution in [0.5, 0.6) is 11.5 Å². The Balaban J connectivity index is 1.70. The van der Waals surface area contributed by atoms with E-state index in [0.29, 0.717) is 17.1 Å². The minimum Gasteiger partial charge on any atom is -0.493 e. The van der Waals surface area contributed by atoms with Crippen LogP contribution in [0.3, 0.4) is 0 Å². The number of anilines is 1. The van der Waals surface area contributed by atoms with E-state index in [4.69, 9.17) is 9.47 Å². The van der Waals surface area contributed by atoms with Crippen molar-refractivity contribution in [1.82, 2.24) is 4.98 Å². The maximum absolute atomic E-state index is 12.2. The van der Waals surface area contributed by atoms with E-state index < -0.39 is 5.97 Å². The molecule has 0 saturated heterocycles. The Morgan fingerprint density at radius 1 is 1.19 bits per heavy atom. The van der Waals surface area contributed by atoms with Gasteiger partial charge < -0.3 is 9.47 Å². The summed E-state index contributed by atoms with van der Waals surface area (Å²) in [6.07, 6.45) is 1.64. The summed E-state index contributed by atoms with van der Waals surface area (Å²) >= 11 is 1.48. The molecule has 3 aromatic rings. The number of esters is 1. The van der Waals surface area contributed by atoms with Crippen LogP contribution < -0.4 is 14.9 Å². The number of methoxy groups -OCH3 is 1. The van der Waals surface area contributed by atoms with E-state index in [1.54, 1.807) is 48.7 Å². The molecule has 0 spiro atoms. The molecule has 26 heavy (non-hydrogen) atoms. The number of nitrogens with zero attached hydrogens (tertiary/aromatic N) is 2. The van der Waals surface area contributed by atoms with Gasteiger partial charge in [-0.1, -0.05) is 18.2 Å². The fraction of sp³-hybridized carbons (Fsp3) is 0.105. The van der Waals surface area contributed by atoms with Crippen molar-refractivity contribution in [3.63, 3.8) is 0 Å². The molecule has 7 heteroatoms. The summed E-state index contributed by atoms with van der Waals surface area (Å²) in [5.74, 6) is 0.358. The van der Waals surface area contributed by atoms with Gasteiger partial charge in [-0.05, 0) is 42.8 Å². The molecule has 1 heterocycles. The summed E-state index contributed by atoms with van der Waals surface area (Å²) in [6, 6.07) is 14.0. The molecule has 0 atom stereocenters. The fourth-order valence-electron chi connectivity index (χ4n) is 2.15. The Bertz CT molecular complexity index is 923. The molecule has 0 aliphatic heterocycles. The molecule has 0 saturated carbocycles. The first-order valence-electron chi connectivity index (χ1n) is 7.82. The van der Waals surface area contributed by atoms with Crippen LogP contribution in [0, 0.1) is 6.92 Å². The molecular weight excluding hydrogens is 350 g/mol. The van der Waals surface area contributed by atoms with Gasteiger partial charge in [-0.15, -0.1) is 11.3 Å². The number of ether oxygens (including phenoxy) is 2. The number of benzene rings is 2. The molecule has 132 valence electrons. The number of carbonyl (C=O) groups excluding carboxylic acids is 1. The van der Waals surface area contributed by atoms with Crippen molar-refractivity contribution in [1.29, 1.82) is 0 Å². The maximum Gasteiger partial charge on any atom is 0.343 e. The summed E-state index contributed by atoms with van der Waals surface area (Å²) in [7, 11) is 1.52. The highest BCUT2D eigenvalue weighted by molar-refractivity contribution is 7.13. The Morgan fingerprint density at radius 2 is 2.00 bits per heavy atom.